The number of nitrogens with one attached hydrogen (secondary N) is 2. The zero-order valence-electron chi connectivity index (χ0n) is 12.7. The minimum atomic E-state index is -0.116. The van der Waals surface area contributed by atoms with Crippen LogP contribution in [0.2, 0.25) is 0 Å². The van der Waals surface area contributed by atoms with Crippen LogP contribution in [0, 0.1) is 0 Å². The molecule has 0 saturated carbocycles. The monoisotopic (exact) mass is 374 g/mol. The molecule has 0 aromatic heterocycles. The molecule has 4 nitrogen and oxygen atoms in total. The van der Waals surface area contributed by atoms with Crippen LogP contribution in [0.3, 0.4) is 0 Å². The fraction of sp³-hybridized carbons (Fsp3) is 0.278. The molecule has 0 fully saturated rings. The highest BCUT2D eigenvalue weighted by Crippen LogP contribution is 2.22. The van der Waals surface area contributed by atoms with Crippen LogP contribution in [0.5, 0.6) is 5.75 Å². The molecule has 3 rings (SSSR count). The SMILES string of the molecule is O=C(COc1cccc(Br)c1)NCC1NCCc2ccccc21. The van der Waals surface area contributed by atoms with E-state index in [1.807, 2.05) is 30.3 Å². The van der Waals surface area contributed by atoms with Gasteiger partial charge in [0, 0.05) is 17.1 Å². The molecular weight excluding hydrogens is 356 g/mol. The summed E-state index contributed by atoms with van der Waals surface area (Å²) in [5.41, 5.74) is 2.63. The van der Waals surface area contributed by atoms with Crippen molar-refractivity contribution in [2.75, 3.05) is 19.7 Å². The van der Waals surface area contributed by atoms with Gasteiger partial charge in [-0.3, -0.25) is 4.79 Å². The van der Waals surface area contributed by atoms with Crippen LogP contribution < -0.4 is 15.4 Å². The van der Waals surface area contributed by atoms with Gasteiger partial charge >= 0.3 is 0 Å². The summed E-state index contributed by atoms with van der Waals surface area (Å²) in [7, 11) is 0. The highest BCUT2D eigenvalue weighted by Gasteiger charge is 2.19. The molecule has 1 amide bonds. The number of ether oxygens (including phenoxy) is 1. The van der Waals surface area contributed by atoms with Gasteiger partial charge in [0.1, 0.15) is 5.75 Å². The molecule has 0 bridgehead atoms. The van der Waals surface area contributed by atoms with Crippen LogP contribution in [-0.4, -0.2) is 25.6 Å². The van der Waals surface area contributed by atoms with Gasteiger partial charge in [0.25, 0.3) is 5.91 Å². The first-order valence-electron chi connectivity index (χ1n) is 7.68. The molecule has 0 aliphatic carbocycles. The van der Waals surface area contributed by atoms with Gasteiger partial charge in [-0.2, -0.15) is 0 Å². The Hall–Kier alpha value is -1.85. The molecule has 1 aliphatic heterocycles. The standard InChI is InChI=1S/C18H19BrN2O2/c19-14-5-3-6-15(10-14)23-12-18(22)21-11-17-16-7-2-1-4-13(16)8-9-20-17/h1-7,10,17,20H,8-9,11-12H2,(H,21,22). The van der Waals surface area contributed by atoms with Crippen LogP contribution in [-0.2, 0) is 11.2 Å². The third-order valence-electron chi connectivity index (χ3n) is 3.88. The smallest absolute Gasteiger partial charge is 0.258 e. The van der Waals surface area contributed by atoms with E-state index in [0.717, 1.165) is 17.4 Å². The van der Waals surface area contributed by atoms with Crippen molar-refractivity contribution in [3.63, 3.8) is 0 Å². The lowest BCUT2D eigenvalue weighted by Crippen LogP contribution is -2.40. The molecule has 5 heteroatoms. The molecule has 0 spiro atoms. The summed E-state index contributed by atoms with van der Waals surface area (Å²) in [6.45, 7) is 1.52. The minimum Gasteiger partial charge on any atom is -0.484 e. The molecule has 1 aliphatic rings. The number of hydrogen-bond acceptors (Lipinski definition) is 3. The predicted octanol–water partition coefficient (Wildman–Crippen LogP) is 2.83. The van der Waals surface area contributed by atoms with Crippen LogP contribution in [0.25, 0.3) is 0 Å². The van der Waals surface area contributed by atoms with Crippen LogP contribution >= 0.6 is 15.9 Å². The van der Waals surface area contributed by atoms with Crippen molar-refractivity contribution in [2.24, 2.45) is 0 Å². The van der Waals surface area contributed by atoms with E-state index in [-0.39, 0.29) is 18.6 Å². The minimum absolute atomic E-state index is 0.0187. The summed E-state index contributed by atoms with van der Waals surface area (Å²) >= 11 is 3.38. The molecule has 23 heavy (non-hydrogen) atoms. The van der Waals surface area contributed by atoms with Crippen molar-refractivity contribution in [1.29, 1.82) is 0 Å². The van der Waals surface area contributed by atoms with Crippen molar-refractivity contribution in [3.8, 4) is 5.75 Å². The molecular formula is C18H19BrN2O2. The fourth-order valence-electron chi connectivity index (χ4n) is 2.75. The van der Waals surface area contributed by atoms with Gasteiger partial charge in [0.05, 0.1) is 0 Å². The van der Waals surface area contributed by atoms with Crippen molar-refractivity contribution < 1.29 is 9.53 Å². The van der Waals surface area contributed by atoms with Gasteiger partial charge < -0.3 is 15.4 Å². The summed E-state index contributed by atoms with van der Waals surface area (Å²) in [4.78, 5) is 12.0. The van der Waals surface area contributed by atoms with Crippen molar-refractivity contribution in [2.45, 2.75) is 12.5 Å². The molecule has 2 aromatic rings. The first kappa shape index (κ1) is 16.0. The van der Waals surface area contributed by atoms with Crippen LogP contribution in [0.15, 0.2) is 53.0 Å². The van der Waals surface area contributed by atoms with Gasteiger partial charge in [0.15, 0.2) is 6.61 Å². The summed E-state index contributed by atoms with van der Waals surface area (Å²) in [5, 5.41) is 6.39. The quantitative estimate of drug-likeness (QED) is 0.845. The maximum absolute atomic E-state index is 12.0. The van der Waals surface area contributed by atoms with E-state index in [9.17, 15) is 4.79 Å². The summed E-state index contributed by atoms with van der Waals surface area (Å²) in [6.07, 6.45) is 1.03. The Morgan fingerprint density at radius 3 is 3.00 bits per heavy atom. The molecule has 120 valence electrons. The van der Waals surface area contributed by atoms with Crippen molar-refractivity contribution >= 4 is 21.8 Å². The second kappa shape index (κ2) is 7.62. The second-order valence-electron chi connectivity index (χ2n) is 5.51. The number of carbonyl (C=O) groups excluding carboxylic acids is 1. The van der Waals surface area contributed by atoms with Crippen LogP contribution in [0.4, 0.5) is 0 Å². The number of amides is 1. The number of hydrogen-bond donors (Lipinski definition) is 2. The second-order valence-corrected chi connectivity index (χ2v) is 6.42. The fourth-order valence-corrected chi connectivity index (χ4v) is 3.13. The Morgan fingerprint density at radius 2 is 2.13 bits per heavy atom. The maximum atomic E-state index is 12.0. The lowest BCUT2D eigenvalue weighted by atomic mass is 9.94. The topological polar surface area (TPSA) is 50.4 Å². The number of carbonyl (C=O) groups is 1. The number of benzene rings is 2. The number of rotatable bonds is 5. The molecule has 2 N–H and O–H groups in total. The van der Waals surface area contributed by atoms with Gasteiger partial charge in [-0.1, -0.05) is 46.3 Å². The molecule has 1 atom stereocenters. The summed E-state index contributed by atoms with van der Waals surface area (Å²) < 4.78 is 6.42. The average Bonchev–Trinajstić information content (AvgIpc) is 2.58. The van der Waals surface area contributed by atoms with E-state index >= 15 is 0 Å². The lowest BCUT2D eigenvalue weighted by Gasteiger charge is -2.27. The van der Waals surface area contributed by atoms with E-state index in [4.69, 9.17) is 4.74 Å². The van der Waals surface area contributed by atoms with E-state index < -0.39 is 0 Å². The van der Waals surface area contributed by atoms with Crippen molar-refractivity contribution in [1.82, 2.24) is 10.6 Å². The van der Waals surface area contributed by atoms with Gasteiger partial charge in [-0.25, -0.2) is 0 Å². The Bertz CT molecular complexity index is 690. The van der Waals surface area contributed by atoms with E-state index in [2.05, 4.69) is 44.8 Å². The lowest BCUT2D eigenvalue weighted by molar-refractivity contribution is -0.123. The third-order valence-corrected chi connectivity index (χ3v) is 4.38. The molecule has 0 saturated heterocycles. The Kier molecular flexibility index (Phi) is 5.31. The van der Waals surface area contributed by atoms with Gasteiger partial charge in [0.2, 0.25) is 0 Å². The predicted molar refractivity (Wildman–Crippen MR) is 93.5 cm³/mol. The molecule has 0 radical (unpaired) electrons. The molecule has 2 aromatic carbocycles. The van der Waals surface area contributed by atoms with E-state index in [1.54, 1.807) is 0 Å². The molecule has 1 heterocycles. The highest BCUT2D eigenvalue weighted by atomic mass is 79.9. The normalized spacial score (nSPS) is 16.5. The summed E-state index contributed by atoms with van der Waals surface area (Å²) in [5.74, 6) is 0.561. The first-order chi connectivity index (χ1) is 11.2. The Labute approximate surface area is 144 Å². The zero-order valence-corrected chi connectivity index (χ0v) is 14.3. The van der Waals surface area contributed by atoms with E-state index in [1.165, 1.54) is 11.1 Å². The number of halogens is 1. The van der Waals surface area contributed by atoms with Crippen LogP contribution in [0.1, 0.15) is 17.2 Å². The third kappa shape index (κ3) is 4.33. The summed E-state index contributed by atoms with van der Waals surface area (Å²) in [6, 6.07) is 16.0. The Morgan fingerprint density at radius 1 is 1.26 bits per heavy atom. The maximum Gasteiger partial charge on any atom is 0.258 e. The highest BCUT2D eigenvalue weighted by molar-refractivity contribution is 9.10. The van der Waals surface area contributed by atoms with E-state index in [0.29, 0.717) is 12.3 Å². The average molecular weight is 375 g/mol. The molecule has 1 unspecified atom stereocenters. The number of fused-ring (bicyclic) bond motifs is 1. The Balaban J connectivity index is 1.50. The zero-order chi connectivity index (χ0) is 16.1. The van der Waals surface area contributed by atoms with Crippen molar-refractivity contribution in [3.05, 3.63) is 64.1 Å². The van der Waals surface area contributed by atoms with Gasteiger partial charge in [-0.05, 0) is 42.3 Å². The first-order valence-corrected chi connectivity index (χ1v) is 8.48. The largest absolute Gasteiger partial charge is 0.484 e. The van der Waals surface area contributed by atoms with Gasteiger partial charge in [-0.15, -0.1) is 0 Å².